The molecule has 0 aromatic carbocycles. The summed E-state index contributed by atoms with van der Waals surface area (Å²) in [5.74, 6) is 0.632. The lowest BCUT2D eigenvalue weighted by molar-refractivity contribution is 0.827. The molecule has 0 aliphatic heterocycles. The van der Waals surface area contributed by atoms with Crippen LogP contribution in [-0.2, 0) is 0 Å². The second-order valence-corrected chi connectivity index (χ2v) is 5.29. The van der Waals surface area contributed by atoms with Crippen molar-refractivity contribution >= 4 is 39.1 Å². The number of nitrogens with zero attached hydrogens (tertiary/aromatic N) is 2. The fraction of sp³-hybridized carbons (Fsp3) is 0.455. The molecule has 0 amide bonds. The Balaban J connectivity index is 2.27. The first-order chi connectivity index (χ1) is 7.70. The van der Waals surface area contributed by atoms with Gasteiger partial charge in [-0.3, -0.25) is 0 Å². The molecule has 86 valence electrons. The number of unbranched alkanes of at least 4 members (excludes halogenated alkanes) is 1. The summed E-state index contributed by atoms with van der Waals surface area (Å²) in [5, 5.41) is 4.67. The molecule has 0 bridgehead atoms. The third-order valence-corrected chi connectivity index (χ3v) is 3.52. The van der Waals surface area contributed by atoms with Crippen molar-refractivity contribution in [2.24, 2.45) is 0 Å². The number of aromatic nitrogens is 2. The molecule has 0 aliphatic carbocycles. The molecule has 0 fully saturated rings. The van der Waals surface area contributed by atoms with Gasteiger partial charge in [-0.2, -0.15) is 0 Å². The lowest BCUT2D eigenvalue weighted by Gasteiger charge is -2.03. The molecule has 0 spiro atoms. The van der Waals surface area contributed by atoms with Crippen molar-refractivity contribution in [3.8, 4) is 0 Å². The van der Waals surface area contributed by atoms with Gasteiger partial charge in [0, 0.05) is 16.8 Å². The lowest BCUT2D eigenvalue weighted by atomic mass is 10.3. The van der Waals surface area contributed by atoms with Crippen molar-refractivity contribution in [3.05, 3.63) is 16.1 Å². The van der Waals surface area contributed by atoms with E-state index in [4.69, 9.17) is 11.6 Å². The van der Waals surface area contributed by atoms with Crippen molar-refractivity contribution in [2.75, 3.05) is 11.9 Å². The van der Waals surface area contributed by atoms with Crippen LogP contribution in [0, 0.1) is 6.92 Å². The minimum absolute atomic E-state index is 0.536. The Bertz CT molecular complexity index is 495. The van der Waals surface area contributed by atoms with Crippen molar-refractivity contribution in [1.29, 1.82) is 0 Å². The average molecular weight is 256 g/mol. The third kappa shape index (κ3) is 2.44. The van der Waals surface area contributed by atoms with Gasteiger partial charge in [-0.25, -0.2) is 9.97 Å². The van der Waals surface area contributed by atoms with Crippen LogP contribution in [0.15, 0.2) is 6.07 Å². The summed E-state index contributed by atoms with van der Waals surface area (Å²) in [6, 6.07) is 2.03. The van der Waals surface area contributed by atoms with Crippen LogP contribution >= 0.6 is 22.9 Å². The van der Waals surface area contributed by atoms with E-state index in [2.05, 4.69) is 22.2 Å². The molecule has 2 aromatic heterocycles. The fourth-order valence-electron chi connectivity index (χ4n) is 1.46. The average Bonchev–Trinajstić information content (AvgIpc) is 2.60. The van der Waals surface area contributed by atoms with E-state index in [1.54, 1.807) is 11.3 Å². The summed E-state index contributed by atoms with van der Waals surface area (Å²) in [6.07, 6.45) is 2.27. The topological polar surface area (TPSA) is 37.8 Å². The van der Waals surface area contributed by atoms with Crippen LogP contribution in [0.4, 0.5) is 5.95 Å². The molecule has 0 unspecified atom stereocenters. The van der Waals surface area contributed by atoms with Crippen molar-refractivity contribution in [2.45, 2.75) is 26.7 Å². The zero-order valence-corrected chi connectivity index (χ0v) is 11.0. The molecule has 0 atom stereocenters. The van der Waals surface area contributed by atoms with Crippen LogP contribution in [0.3, 0.4) is 0 Å². The monoisotopic (exact) mass is 255 g/mol. The second-order valence-electron chi connectivity index (χ2n) is 3.69. The van der Waals surface area contributed by atoms with Gasteiger partial charge in [0.05, 0.1) is 0 Å². The largest absolute Gasteiger partial charge is 0.354 e. The summed E-state index contributed by atoms with van der Waals surface area (Å²) < 4.78 is 0. The first kappa shape index (κ1) is 11.6. The molecule has 1 N–H and O–H groups in total. The summed E-state index contributed by atoms with van der Waals surface area (Å²) in [6.45, 7) is 5.09. The van der Waals surface area contributed by atoms with E-state index in [1.807, 2.05) is 13.0 Å². The van der Waals surface area contributed by atoms with Gasteiger partial charge in [0.25, 0.3) is 0 Å². The Hall–Kier alpha value is -0.870. The van der Waals surface area contributed by atoms with Gasteiger partial charge in [0.1, 0.15) is 9.98 Å². The lowest BCUT2D eigenvalue weighted by Crippen LogP contribution is -2.04. The van der Waals surface area contributed by atoms with Crippen LogP contribution in [0.5, 0.6) is 0 Å². The summed E-state index contributed by atoms with van der Waals surface area (Å²) >= 11 is 7.75. The smallest absolute Gasteiger partial charge is 0.225 e. The van der Waals surface area contributed by atoms with Gasteiger partial charge in [-0.05, 0) is 19.4 Å². The van der Waals surface area contributed by atoms with Crippen LogP contribution in [0.2, 0.25) is 5.15 Å². The number of nitrogens with one attached hydrogen (secondary N) is 1. The van der Waals surface area contributed by atoms with Crippen molar-refractivity contribution in [3.63, 3.8) is 0 Å². The summed E-state index contributed by atoms with van der Waals surface area (Å²) in [4.78, 5) is 10.8. The van der Waals surface area contributed by atoms with Gasteiger partial charge < -0.3 is 5.32 Å². The van der Waals surface area contributed by atoms with E-state index in [1.165, 1.54) is 4.88 Å². The van der Waals surface area contributed by atoms with Gasteiger partial charge in [0.15, 0.2) is 0 Å². The number of aryl methyl sites for hydroxylation is 1. The Morgan fingerprint density at radius 2 is 2.25 bits per heavy atom. The Labute approximate surface area is 104 Å². The number of hydrogen-bond acceptors (Lipinski definition) is 4. The highest BCUT2D eigenvalue weighted by molar-refractivity contribution is 7.18. The minimum atomic E-state index is 0.536. The number of halogens is 1. The highest BCUT2D eigenvalue weighted by Gasteiger charge is 2.08. The fourth-order valence-corrected chi connectivity index (χ4v) is 2.62. The van der Waals surface area contributed by atoms with Crippen LogP contribution < -0.4 is 5.32 Å². The summed E-state index contributed by atoms with van der Waals surface area (Å²) in [5.41, 5.74) is 0. The van der Waals surface area contributed by atoms with Crippen molar-refractivity contribution in [1.82, 2.24) is 9.97 Å². The highest BCUT2D eigenvalue weighted by Crippen LogP contribution is 2.29. The zero-order valence-electron chi connectivity index (χ0n) is 9.38. The maximum Gasteiger partial charge on any atom is 0.225 e. The molecule has 16 heavy (non-hydrogen) atoms. The predicted molar refractivity (Wildman–Crippen MR) is 70.6 cm³/mol. The van der Waals surface area contributed by atoms with Crippen LogP contribution in [0.25, 0.3) is 10.2 Å². The van der Waals surface area contributed by atoms with E-state index < -0.39 is 0 Å². The Morgan fingerprint density at radius 1 is 1.44 bits per heavy atom. The molecule has 0 saturated heterocycles. The molecule has 5 heteroatoms. The molecule has 2 heterocycles. The van der Waals surface area contributed by atoms with E-state index >= 15 is 0 Å². The number of thiophene rings is 1. The predicted octanol–water partition coefficient (Wildman–Crippen LogP) is 3.87. The van der Waals surface area contributed by atoms with E-state index in [0.717, 1.165) is 29.6 Å². The maximum atomic E-state index is 6.10. The SMILES string of the molecule is CCCCNc1nc(Cl)c2cc(C)sc2n1. The van der Waals surface area contributed by atoms with Crippen LogP contribution in [-0.4, -0.2) is 16.5 Å². The Morgan fingerprint density at radius 3 is 3.00 bits per heavy atom. The number of hydrogen-bond donors (Lipinski definition) is 1. The second kappa shape index (κ2) is 4.97. The quantitative estimate of drug-likeness (QED) is 0.666. The standard InChI is InChI=1S/C11H14ClN3S/c1-3-4-5-13-11-14-9(12)8-6-7(2)16-10(8)15-11/h6H,3-5H2,1-2H3,(H,13,14,15). The number of anilines is 1. The van der Waals surface area contributed by atoms with Gasteiger partial charge in [0.2, 0.25) is 5.95 Å². The van der Waals surface area contributed by atoms with Gasteiger partial charge >= 0.3 is 0 Å². The molecular weight excluding hydrogens is 242 g/mol. The van der Waals surface area contributed by atoms with E-state index in [0.29, 0.717) is 11.1 Å². The van der Waals surface area contributed by atoms with Gasteiger partial charge in [-0.1, -0.05) is 24.9 Å². The van der Waals surface area contributed by atoms with E-state index in [-0.39, 0.29) is 0 Å². The zero-order chi connectivity index (χ0) is 11.5. The highest BCUT2D eigenvalue weighted by atomic mass is 35.5. The third-order valence-electron chi connectivity index (χ3n) is 2.28. The molecule has 0 saturated carbocycles. The first-order valence-electron chi connectivity index (χ1n) is 5.38. The summed E-state index contributed by atoms with van der Waals surface area (Å²) in [7, 11) is 0. The molecule has 2 rings (SSSR count). The molecule has 2 aromatic rings. The molecule has 3 nitrogen and oxygen atoms in total. The van der Waals surface area contributed by atoms with Crippen LogP contribution in [0.1, 0.15) is 24.6 Å². The van der Waals surface area contributed by atoms with Crippen molar-refractivity contribution < 1.29 is 0 Å². The van der Waals surface area contributed by atoms with E-state index in [9.17, 15) is 0 Å². The number of rotatable bonds is 4. The molecular formula is C11H14ClN3S. The first-order valence-corrected chi connectivity index (χ1v) is 6.57. The molecule has 0 aliphatic rings. The minimum Gasteiger partial charge on any atom is -0.354 e. The Kier molecular flexibility index (Phi) is 3.61. The normalized spacial score (nSPS) is 10.9. The molecule has 0 radical (unpaired) electrons. The maximum absolute atomic E-state index is 6.10. The van der Waals surface area contributed by atoms with Gasteiger partial charge in [-0.15, -0.1) is 11.3 Å². The number of fused-ring (bicyclic) bond motifs is 1.